The molecule has 0 atom stereocenters. The molecule has 0 saturated carbocycles. The fourth-order valence-electron chi connectivity index (χ4n) is 1.55. The lowest BCUT2D eigenvalue weighted by atomic mass is 9.77. The molecule has 0 amide bonds. The first-order chi connectivity index (χ1) is 8.30. The molecule has 0 aromatic heterocycles. The fourth-order valence-corrected chi connectivity index (χ4v) is 1.55. The van der Waals surface area contributed by atoms with Crippen molar-refractivity contribution < 1.29 is 22.4 Å². The molecule has 0 N–H and O–H groups in total. The number of hydrogen-bond acceptors (Lipinski definition) is 2. The normalized spacial score (nSPS) is 11.9. The summed E-state index contributed by atoms with van der Waals surface area (Å²) in [6.45, 7) is 1.04. The molecule has 0 heterocycles. The van der Waals surface area contributed by atoms with Gasteiger partial charge >= 0.3 is 6.98 Å². The van der Waals surface area contributed by atoms with E-state index in [2.05, 4.69) is 0 Å². The van der Waals surface area contributed by atoms with Crippen molar-refractivity contribution in [1.29, 1.82) is 0 Å². The van der Waals surface area contributed by atoms with Gasteiger partial charge in [0.1, 0.15) is 12.4 Å². The van der Waals surface area contributed by atoms with Gasteiger partial charge in [-0.2, -0.15) is 0 Å². The smallest absolute Gasteiger partial charge is 0.491 e. The van der Waals surface area contributed by atoms with Crippen LogP contribution in [0.3, 0.4) is 0 Å². The zero-order valence-electron chi connectivity index (χ0n) is 10.8. The molecule has 1 aromatic carbocycles. The van der Waals surface area contributed by atoms with Gasteiger partial charge in [-0.3, -0.25) is 0 Å². The molecular weight excluding hydrogens is 244 g/mol. The Morgan fingerprint density at radius 3 is 2.33 bits per heavy atom. The van der Waals surface area contributed by atoms with Gasteiger partial charge in [0.2, 0.25) is 0 Å². The maximum Gasteiger partial charge on any atom is 0.509 e. The quantitative estimate of drug-likeness (QED) is 0.579. The Morgan fingerprint density at radius 2 is 1.83 bits per heavy atom. The molecule has 0 aliphatic heterocycles. The van der Waals surface area contributed by atoms with Crippen LogP contribution in [0.1, 0.15) is 19.4 Å². The Labute approximate surface area is 105 Å². The van der Waals surface area contributed by atoms with Crippen molar-refractivity contribution in [3.63, 3.8) is 0 Å². The summed E-state index contributed by atoms with van der Waals surface area (Å²) in [5, 5.41) is 0. The molecule has 0 bridgehead atoms. The van der Waals surface area contributed by atoms with Crippen LogP contribution in [-0.4, -0.2) is 26.3 Å². The second-order valence-corrected chi connectivity index (χ2v) is 4.36. The van der Waals surface area contributed by atoms with Gasteiger partial charge < -0.3 is 22.4 Å². The van der Waals surface area contributed by atoms with Gasteiger partial charge in [0.25, 0.3) is 0 Å². The third kappa shape index (κ3) is 4.60. The Kier molecular flexibility index (Phi) is 5.08. The van der Waals surface area contributed by atoms with Gasteiger partial charge in [-0.05, 0) is 32.9 Å². The first-order valence-corrected chi connectivity index (χ1v) is 5.85. The maximum absolute atomic E-state index is 12.6. The molecule has 0 saturated heterocycles. The third-order valence-corrected chi connectivity index (χ3v) is 2.40. The van der Waals surface area contributed by atoms with E-state index in [4.69, 9.17) is 9.47 Å². The minimum Gasteiger partial charge on any atom is -0.491 e. The zero-order valence-corrected chi connectivity index (χ0v) is 10.8. The first kappa shape index (κ1) is 14.9. The van der Waals surface area contributed by atoms with Gasteiger partial charge in [0, 0.05) is 0 Å². The summed E-state index contributed by atoms with van der Waals surface area (Å²) >= 11 is 0. The van der Waals surface area contributed by atoms with Crippen molar-refractivity contribution in [1.82, 2.24) is 0 Å². The highest BCUT2D eigenvalue weighted by Gasteiger charge is 2.27. The topological polar surface area (TPSA) is 18.5 Å². The standard InChI is InChI=1S/C12H17BF3O2/c1-9(2)17-6-7-18-11-4-5-12(10(3)8-11)13(14,15)16/h4-5,8-9H,6-7H2,1-3H3/q-1. The lowest BCUT2D eigenvalue weighted by Crippen LogP contribution is -2.35. The van der Waals surface area contributed by atoms with Gasteiger partial charge in [0.05, 0.1) is 12.7 Å². The minimum atomic E-state index is -4.95. The molecule has 102 valence electrons. The Morgan fingerprint density at radius 1 is 1.17 bits per heavy atom. The highest BCUT2D eigenvalue weighted by molar-refractivity contribution is 6.74. The van der Waals surface area contributed by atoms with Gasteiger partial charge in [0.15, 0.2) is 0 Å². The average molecular weight is 261 g/mol. The summed E-state index contributed by atoms with van der Waals surface area (Å²) in [4.78, 5) is 0. The number of benzene rings is 1. The molecule has 6 heteroatoms. The number of halogens is 3. The van der Waals surface area contributed by atoms with Crippen molar-refractivity contribution in [2.24, 2.45) is 0 Å². The van der Waals surface area contributed by atoms with Crippen molar-refractivity contribution in [2.75, 3.05) is 13.2 Å². The summed E-state index contributed by atoms with van der Waals surface area (Å²) in [5.41, 5.74) is -0.384. The minimum absolute atomic E-state index is 0.116. The summed E-state index contributed by atoms with van der Waals surface area (Å²) in [7, 11) is 0. The predicted molar refractivity (Wildman–Crippen MR) is 66.5 cm³/mol. The summed E-state index contributed by atoms with van der Waals surface area (Å²) < 4.78 is 48.3. The second-order valence-electron chi connectivity index (χ2n) is 4.36. The van der Waals surface area contributed by atoms with Crippen molar-refractivity contribution in [3.8, 4) is 5.75 Å². The van der Waals surface area contributed by atoms with Crippen LogP contribution in [0.25, 0.3) is 0 Å². The van der Waals surface area contributed by atoms with E-state index in [0.29, 0.717) is 19.0 Å². The fraction of sp³-hybridized carbons (Fsp3) is 0.500. The van der Waals surface area contributed by atoms with Crippen molar-refractivity contribution in [2.45, 2.75) is 26.9 Å². The van der Waals surface area contributed by atoms with Crippen molar-refractivity contribution >= 4 is 12.4 Å². The molecule has 18 heavy (non-hydrogen) atoms. The van der Waals surface area contributed by atoms with E-state index in [0.717, 1.165) is 6.07 Å². The molecule has 0 aliphatic rings. The Bertz CT molecular complexity index is 391. The molecule has 1 aromatic rings. The van der Waals surface area contributed by atoms with Crippen LogP contribution in [-0.2, 0) is 4.74 Å². The Hall–Kier alpha value is -1.17. The van der Waals surface area contributed by atoms with Crippen LogP contribution in [0.15, 0.2) is 18.2 Å². The molecular formula is C12H17BF3O2-. The monoisotopic (exact) mass is 261 g/mol. The van der Waals surface area contributed by atoms with E-state index in [1.165, 1.54) is 19.1 Å². The van der Waals surface area contributed by atoms with E-state index >= 15 is 0 Å². The van der Waals surface area contributed by atoms with E-state index in [9.17, 15) is 12.9 Å². The summed E-state index contributed by atoms with van der Waals surface area (Å²) in [6.07, 6.45) is 0.116. The lowest BCUT2D eigenvalue weighted by Gasteiger charge is -2.18. The largest absolute Gasteiger partial charge is 0.509 e. The number of rotatable bonds is 6. The van der Waals surface area contributed by atoms with E-state index in [-0.39, 0.29) is 11.7 Å². The highest BCUT2D eigenvalue weighted by atomic mass is 19.4. The van der Waals surface area contributed by atoms with E-state index in [1.54, 1.807) is 0 Å². The molecule has 0 radical (unpaired) electrons. The van der Waals surface area contributed by atoms with Gasteiger partial charge in [-0.1, -0.05) is 11.6 Å². The molecule has 0 unspecified atom stereocenters. The van der Waals surface area contributed by atoms with Crippen molar-refractivity contribution in [3.05, 3.63) is 23.8 Å². The highest BCUT2D eigenvalue weighted by Crippen LogP contribution is 2.17. The number of hydrogen-bond donors (Lipinski definition) is 0. The maximum atomic E-state index is 12.6. The average Bonchev–Trinajstić information content (AvgIpc) is 2.22. The number of ether oxygens (including phenoxy) is 2. The third-order valence-electron chi connectivity index (χ3n) is 2.40. The lowest BCUT2D eigenvalue weighted by molar-refractivity contribution is 0.0552. The van der Waals surface area contributed by atoms with Crippen LogP contribution in [0, 0.1) is 6.92 Å². The van der Waals surface area contributed by atoms with Crippen LogP contribution < -0.4 is 10.2 Å². The van der Waals surface area contributed by atoms with E-state index in [1.807, 2.05) is 13.8 Å². The molecule has 2 nitrogen and oxygen atoms in total. The molecule has 0 aliphatic carbocycles. The van der Waals surface area contributed by atoms with E-state index < -0.39 is 12.4 Å². The zero-order chi connectivity index (χ0) is 13.8. The predicted octanol–water partition coefficient (Wildman–Crippen LogP) is 2.85. The van der Waals surface area contributed by atoms with Crippen LogP contribution >= 0.6 is 0 Å². The summed E-state index contributed by atoms with van der Waals surface area (Å²) in [5.74, 6) is 0.434. The molecule has 1 rings (SSSR count). The molecule has 0 fully saturated rings. The Balaban J connectivity index is 2.57. The summed E-state index contributed by atoms with van der Waals surface area (Å²) in [6, 6.07) is 3.81. The number of aryl methyl sites for hydroxylation is 1. The van der Waals surface area contributed by atoms with Crippen LogP contribution in [0.2, 0.25) is 0 Å². The molecule has 0 spiro atoms. The van der Waals surface area contributed by atoms with Gasteiger partial charge in [-0.25, -0.2) is 0 Å². The van der Waals surface area contributed by atoms with Gasteiger partial charge in [-0.15, -0.1) is 5.46 Å². The first-order valence-electron chi connectivity index (χ1n) is 5.85. The van der Waals surface area contributed by atoms with Crippen LogP contribution in [0.5, 0.6) is 5.75 Å². The van der Waals surface area contributed by atoms with Crippen LogP contribution in [0.4, 0.5) is 12.9 Å². The second kappa shape index (κ2) is 6.13. The SMILES string of the molecule is Cc1cc(OCCOC(C)C)ccc1[B-](F)(F)F.